The number of carbonyl (C=O) groups is 3. The zero-order valence-electron chi connectivity index (χ0n) is 20.3. The summed E-state index contributed by atoms with van der Waals surface area (Å²) in [6, 6.07) is 15.2. The third-order valence-corrected chi connectivity index (χ3v) is 6.67. The third kappa shape index (κ3) is 7.05. The van der Waals surface area contributed by atoms with Gasteiger partial charge in [-0.05, 0) is 23.3 Å². The molecule has 1 aliphatic heterocycles. The van der Waals surface area contributed by atoms with E-state index < -0.39 is 57.6 Å². The second-order valence-electron chi connectivity index (χ2n) is 8.30. The van der Waals surface area contributed by atoms with Gasteiger partial charge in [0.1, 0.15) is 11.0 Å². The standard InChI is InChI=1S/C25H28O10S/c1-15(26)32-21-14-31-25(23(34-17(3)28)22(21)33-16(2)27)35-20-12-10-19(11-13-20)24(36(4,29)30)18-8-6-5-7-9-18/h5-13,21-25H,14H2,1-4H3/t21-,22+,23-,24?,25+/m1/s1. The lowest BCUT2D eigenvalue weighted by Gasteiger charge is -2.40. The normalized spacial score (nSPS) is 22.7. The van der Waals surface area contributed by atoms with E-state index in [0.29, 0.717) is 11.1 Å². The highest BCUT2D eigenvalue weighted by molar-refractivity contribution is 7.91. The van der Waals surface area contributed by atoms with Gasteiger partial charge in [-0.25, -0.2) is 8.42 Å². The molecule has 2 aromatic carbocycles. The van der Waals surface area contributed by atoms with Gasteiger partial charge >= 0.3 is 17.9 Å². The summed E-state index contributed by atoms with van der Waals surface area (Å²) in [6.07, 6.45) is -3.45. The van der Waals surface area contributed by atoms with Gasteiger partial charge in [-0.3, -0.25) is 14.4 Å². The van der Waals surface area contributed by atoms with Crippen molar-refractivity contribution < 1.29 is 46.5 Å². The first-order valence-corrected chi connectivity index (χ1v) is 13.0. The summed E-state index contributed by atoms with van der Waals surface area (Å²) in [7, 11) is -3.48. The van der Waals surface area contributed by atoms with Crippen LogP contribution in [0.25, 0.3) is 0 Å². The Morgan fingerprint density at radius 2 is 1.33 bits per heavy atom. The van der Waals surface area contributed by atoms with Crippen LogP contribution in [0.2, 0.25) is 0 Å². The highest BCUT2D eigenvalue weighted by Gasteiger charge is 2.48. The molecule has 5 atom stereocenters. The van der Waals surface area contributed by atoms with E-state index in [1.807, 2.05) is 0 Å². The van der Waals surface area contributed by atoms with Gasteiger partial charge in [-0.1, -0.05) is 42.5 Å². The van der Waals surface area contributed by atoms with Crippen molar-refractivity contribution in [2.75, 3.05) is 12.9 Å². The molecule has 1 unspecified atom stereocenters. The van der Waals surface area contributed by atoms with Crippen molar-refractivity contribution in [2.24, 2.45) is 0 Å². The Balaban J connectivity index is 1.86. The van der Waals surface area contributed by atoms with Crippen LogP contribution < -0.4 is 4.74 Å². The van der Waals surface area contributed by atoms with Crippen molar-refractivity contribution in [3.63, 3.8) is 0 Å². The van der Waals surface area contributed by atoms with E-state index in [9.17, 15) is 22.8 Å². The van der Waals surface area contributed by atoms with Gasteiger partial charge in [-0.15, -0.1) is 0 Å². The highest BCUT2D eigenvalue weighted by Crippen LogP contribution is 2.32. The Bertz CT molecular complexity index is 1180. The molecule has 0 N–H and O–H groups in total. The maximum Gasteiger partial charge on any atom is 0.303 e. The molecule has 1 aliphatic rings. The van der Waals surface area contributed by atoms with E-state index in [0.717, 1.165) is 0 Å². The van der Waals surface area contributed by atoms with Crippen LogP contribution in [0.15, 0.2) is 54.6 Å². The van der Waals surface area contributed by atoms with Crippen molar-refractivity contribution >= 4 is 27.7 Å². The van der Waals surface area contributed by atoms with Gasteiger partial charge in [0.05, 0.1) is 6.61 Å². The first kappa shape index (κ1) is 27.2. The van der Waals surface area contributed by atoms with Gasteiger partial charge in [0.2, 0.25) is 12.4 Å². The minimum atomic E-state index is -3.48. The summed E-state index contributed by atoms with van der Waals surface area (Å²) in [5.41, 5.74) is 1.16. The number of hydrogen-bond acceptors (Lipinski definition) is 10. The van der Waals surface area contributed by atoms with Crippen molar-refractivity contribution in [2.45, 2.75) is 50.6 Å². The summed E-state index contributed by atoms with van der Waals surface area (Å²) in [5, 5.41) is -0.870. The molecule has 194 valence electrons. The Morgan fingerprint density at radius 1 is 0.806 bits per heavy atom. The molecule has 0 amide bonds. The van der Waals surface area contributed by atoms with Crippen LogP contribution in [0.1, 0.15) is 37.1 Å². The lowest BCUT2D eigenvalue weighted by molar-refractivity contribution is -0.259. The Kier molecular flexibility index (Phi) is 8.70. The van der Waals surface area contributed by atoms with Crippen LogP contribution in [0, 0.1) is 0 Å². The van der Waals surface area contributed by atoms with Crippen molar-refractivity contribution in [3.8, 4) is 5.75 Å². The number of hydrogen-bond donors (Lipinski definition) is 0. The van der Waals surface area contributed by atoms with Crippen LogP contribution in [-0.4, -0.2) is 63.8 Å². The average molecular weight is 521 g/mol. The minimum absolute atomic E-state index is 0.178. The molecule has 1 fully saturated rings. The predicted molar refractivity (Wildman–Crippen MR) is 127 cm³/mol. The Morgan fingerprint density at radius 3 is 1.86 bits per heavy atom. The van der Waals surface area contributed by atoms with Gasteiger partial charge in [-0.2, -0.15) is 0 Å². The molecular formula is C25H28O10S. The van der Waals surface area contributed by atoms with Gasteiger partial charge in [0.25, 0.3) is 0 Å². The van der Waals surface area contributed by atoms with E-state index in [2.05, 4.69) is 0 Å². The van der Waals surface area contributed by atoms with Crippen molar-refractivity contribution in [1.82, 2.24) is 0 Å². The third-order valence-electron chi connectivity index (χ3n) is 5.27. The first-order chi connectivity index (χ1) is 17.0. The fraction of sp³-hybridized carbons (Fsp3) is 0.400. The Hall–Kier alpha value is -3.44. The molecule has 0 spiro atoms. The largest absolute Gasteiger partial charge is 0.461 e. The predicted octanol–water partition coefficient (Wildman–Crippen LogP) is 2.35. The number of benzene rings is 2. The quantitative estimate of drug-likeness (QED) is 0.377. The lowest BCUT2D eigenvalue weighted by atomic mass is 10.0. The molecule has 0 aromatic heterocycles. The molecule has 1 heterocycles. The second-order valence-corrected chi connectivity index (χ2v) is 10.4. The molecule has 11 heteroatoms. The van der Waals surface area contributed by atoms with E-state index in [1.165, 1.54) is 27.0 Å². The lowest BCUT2D eigenvalue weighted by Crippen LogP contribution is -2.59. The molecule has 0 bridgehead atoms. The Labute approximate surface area is 209 Å². The zero-order valence-corrected chi connectivity index (χ0v) is 21.1. The molecule has 3 rings (SSSR count). The molecular weight excluding hydrogens is 492 g/mol. The summed E-state index contributed by atoms with van der Waals surface area (Å²) in [5.74, 6) is -1.70. The maximum atomic E-state index is 12.5. The second kappa shape index (κ2) is 11.5. The van der Waals surface area contributed by atoms with Crippen LogP contribution in [-0.2, 0) is 43.2 Å². The number of rotatable bonds is 8. The van der Waals surface area contributed by atoms with E-state index >= 15 is 0 Å². The van der Waals surface area contributed by atoms with Crippen LogP contribution in [0.5, 0.6) is 5.75 Å². The molecule has 1 saturated heterocycles. The molecule has 2 aromatic rings. The fourth-order valence-electron chi connectivity index (χ4n) is 3.98. The van der Waals surface area contributed by atoms with E-state index in [4.69, 9.17) is 23.7 Å². The zero-order chi connectivity index (χ0) is 26.5. The smallest absolute Gasteiger partial charge is 0.303 e. The van der Waals surface area contributed by atoms with E-state index in [-0.39, 0.29) is 12.4 Å². The van der Waals surface area contributed by atoms with E-state index in [1.54, 1.807) is 54.6 Å². The molecule has 10 nitrogen and oxygen atoms in total. The van der Waals surface area contributed by atoms with Crippen LogP contribution in [0.4, 0.5) is 0 Å². The minimum Gasteiger partial charge on any atom is -0.461 e. The number of sulfone groups is 1. The number of esters is 3. The number of ether oxygens (including phenoxy) is 5. The fourth-order valence-corrected chi connectivity index (χ4v) is 5.28. The summed E-state index contributed by atoms with van der Waals surface area (Å²) in [6.45, 7) is 3.35. The summed E-state index contributed by atoms with van der Waals surface area (Å²) < 4.78 is 52.4. The summed E-state index contributed by atoms with van der Waals surface area (Å²) >= 11 is 0. The molecule has 0 aliphatic carbocycles. The van der Waals surface area contributed by atoms with Crippen molar-refractivity contribution in [1.29, 1.82) is 0 Å². The maximum absolute atomic E-state index is 12.5. The topological polar surface area (TPSA) is 132 Å². The molecule has 36 heavy (non-hydrogen) atoms. The SMILES string of the molecule is CC(=O)O[C@@H]1[C@@H](OC(C)=O)[C@H](Oc2ccc(C(c3ccccc3)S(C)(=O)=O)cc2)OC[C@H]1OC(C)=O. The average Bonchev–Trinajstić information content (AvgIpc) is 2.78. The molecule has 0 radical (unpaired) electrons. The van der Waals surface area contributed by atoms with Crippen LogP contribution in [0.3, 0.4) is 0 Å². The van der Waals surface area contributed by atoms with Gasteiger partial charge < -0.3 is 23.7 Å². The number of carbonyl (C=O) groups excluding carboxylic acids is 3. The monoisotopic (exact) mass is 520 g/mol. The van der Waals surface area contributed by atoms with Crippen LogP contribution >= 0.6 is 0 Å². The van der Waals surface area contributed by atoms with Gasteiger partial charge in [0.15, 0.2) is 22.0 Å². The van der Waals surface area contributed by atoms with Gasteiger partial charge in [0, 0.05) is 27.0 Å². The summed E-state index contributed by atoms with van der Waals surface area (Å²) in [4.78, 5) is 35.0. The first-order valence-electron chi connectivity index (χ1n) is 11.1. The molecule has 0 saturated carbocycles. The van der Waals surface area contributed by atoms with Crippen molar-refractivity contribution in [3.05, 3.63) is 65.7 Å². The highest BCUT2D eigenvalue weighted by atomic mass is 32.2.